The number of nitrogens with zero attached hydrogens (tertiary/aromatic N) is 1. The first-order chi connectivity index (χ1) is 9.55. The molecule has 2 nitrogen and oxygen atoms in total. The molecular formula is C17H26ClNO. The molecule has 0 heterocycles. The van der Waals surface area contributed by atoms with Gasteiger partial charge in [0.2, 0.25) is 0 Å². The second-order valence-electron chi connectivity index (χ2n) is 5.89. The van der Waals surface area contributed by atoms with Gasteiger partial charge in [0.1, 0.15) is 0 Å². The third kappa shape index (κ3) is 2.74. The number of benzene rings is 1. The number of rotatable bonds is 5. The topological polar surface area (TPSA) is 23.5 Å². The third-order valence-electron chi connectivity index (χ3n) is 4.88. The van der Waals surface area contributed by atoms with Crippen LogP contribution in [0.15, 0.2) is 18.2 Å². The Morgan fingerprint density at radius 3 is 2.35 bits per heavy atom. The van der Waals surface area contributed by atoms with Crippen molar-refractivity contribution in [1.29, 1.82) is 0 Å². The molecule has 1 aliphatic carbocycles. The first kappa shape index (κ1) is 15.8. The van der Waals surface area contributed by atoms with E-state index >= 15 is 0 Å². The van der Waals surface area contributed by atoms with E-state index in [1.54, 1.807) is 0 Å². The molecule has 1 atom stereocenters. The van der Waals surface area contributed by atoms with Crippen molar-refractivity contribution in [3.05, 3.63) is 34.3 Å². The summed E-state index contributed by atoms with van der Waals surface area (Å²) >= 11 is 6.23. The molecule has 2 rings (SSSR count). The standard InChI is InChI=1S/C17H26ClNO/c1-4-19(5-2)17(10-6-7-11-17)16(20)14-9-8-13(3)15(18)12-14/h8-9,12,16,20H,4-7,10-11H2,1-3H3. The summed E-state index contributed by atoms with van der Waals surface area (Å²) in [6, 6.07) is 5.96. The highest BCUT2D eigenvalue weighted by atomic mass is 35.5. The number of hydrogen-bond donors (Lipinski definition) is 1. The largest absolute Gasteiger partial charge is 0.386 e. The lowest BCUT2D eigenvalue weighted by atomic mass is 9.83. The summed E-state index contributed by atoms with van der Waals surface area (Å²) in [5, 5.41) is 11.8. The van der Waals surface area contributed by atoms with Gasteiger partial charge < -0.3 is 5.11 Å². The normalized spacial score (nSPS) is 19.5. The SMILES string of the molecule is CCN(CC)C1(C(O)c2ccc(C)c(Cl)c2)CCCC1. The minimum Gasteiger partial charge on any atom is -0.386 e. The van der Waals surface area contributed by atoms with E-state index in [1.807, 2.05) is 25.1 Å². The fourth-order valence-corrected chi connectivity index (χ4v) is 3.88. The molecule has 1 aromatic rings. The summed E-state index contributed by atoms with van der Waals surface area (Å²) in [6.45, 7) is 8.31. The molecular weight excluding hydrogens is 270 g/mol. The summed E-state index contributed by atoms with van der Waals surface area (Å²) in [7, 11) is 0. The van der Waals surface area contributed by atoms with Gasteiger partial charge in [-0.15, -0.1) is 0 Å². The third-order valence-corrected chi connectivity index (χ3v) is 5.29. The molecule has 3 heteroatoms. The van der Waals surface area contributed by atoms with Gasteiger partial charge in [-0.2, -0.15) is 0 Å². The van der Waals surface area contributed by atoms with Gasteiger partial charge in [0.05, 0.1) is 11.6 Å². The summed E-state index contributed by atoms with van der Waals surface area (Å²) in [6.07, 6.45) is 4.09. The molecule has 0 aromatic heterocycles. The Labute approximate surface area is 127 Å². The van der Waals surface area contributed by atoms with Gasteiger partial charge in [-0.1, -0.05) is 50.4 Å². The highest BCUT2D eigenvalue weighted by molar-refractivity contribution is 6.31. The molecule has 0 amide bonds. The van der Waals surface area contributed by atoms with E-state index in [2.05, 4.69) is 18.7 Å². The predicted molar refractivity (Wildman–Crippen MR) is 85.3 cm³/mol. The smallest absolute Gasteiger partial charge is 0.0974 e. The average Bonchev–Trinajstić information content (AvgIpc) is 2.93. The van der Waals surface area contributed by atoms with E-state index in [4.69, 9.17) is 11.6 Å². The highest BCUT2D eigenvalue weighted by Gasteiger charge is 2.44. The maximum Gasteiger partial charge on any atom is 0.0974 e. The summed E-state index contributed by atoms with van der Waals surface area (Å²) in [5.74, 6) is 0. The molecule has 20 heavy (non-hydrogen) atoms. The number of aliphatic hydroxyl groups is 1. The Morgan fingerprint density at radius 2 is 1.85 bits per heavy atom. The van der Waals surface area contributed by atoms with Crippen LogP contribution in [0.25, 0.3) is 0 Å². The number of halogens is 1. The van der Waals surface area contributed by atoms with Crippen LogP contribution in [0.3, 0.4) is 0 Å². The Balaban J connectivity index is 2.35. The molecule has 0 radical (unpaired) electrons. The van der Waals surface area contributed by atoms with Crippen LogP contribution in [0.5, 0.6) is 0 Å². The number of aryl methyl sites for hydroxylation is 1. The van der Waals surface area contributed by atoms with Gasteiger partial charge in [-0.3, -0.25) is 4.90 Å². The molecule has 1 N–H and O–H groups in total. The van der Waals surface area contributed by atoms with Crippen LogP contribution < -0.4 is 0 Å². The zero-order valence-corrected chi connectivity index (χ0v) is 13.6. The number of hydrogen-bond acceptors (Lipinski definition) is 2. The summed E-state index contributed by atoms with van der Waals surface area (Å²) in [5.41, 5.74) is 1.91. The predicted octanol–water partition coefficient (Wildman–Crippen LogP) is 4.34. The van der Waals surface area contributed by atoms with Gasteiger partial charge in [-0.05, 0) is 50.0 Å². The quantitative estimate of drug-likeness (QED) is 0.873. The molecule has 0 aliphatic heterocycles. The van der Waals surface area contributed by atoms with Crippen molar-refractivity contribution in [3.8, 4) is 0 Å². The molecule has 0 bridgehead atoms. The van der Waals surface area contributed by atoms with Crippen LogP contribution in [0.2, 0.25) is 5.02 Å². The van der Waals surface area contributed by atoms with Crippen molar-refractivity contribution in [2.45, 2.75) is 58.1 Å². The molecule has 1 aromatic carbocycles. The second-order valence-corrected chi connectivity index (χ2v) is 6.30. The van der Waals surface area contributed by atoms with Gasteiger partial charge in [0.25, 0.3) is 0 Å². The van der Waals surface area contributed by atoms with Crippen molar-refractivity contribution < 1.29 is 5.11 Å². The highest BCUT2D eigenvalue weighted by Crippen LogP contribution is 2.44. The van der Waals surface area contributed by atoms with Crippen molar-refractivity contribution >= 4 is 11.6 Å². The summed E-state index contributed by atoms with van der Waals surface area (Å²) < 4.78 is 0. The minimum absolute atomic E-state index is 0.109. The maximum atomic E-state index is 11.0. The van der Waals surface area contributed by atoms with Crippen molar-refractivity contribution in [2.24, 2.45) is 0 Å². The van der Waals surface area contributed by atoms with E-state index in [9.17, 15) is 5.11 Å². The fourth-order valence-electron chi connectivity index (χ4n) is 3.69. The first-order valence-electron chi connectivity index (χ1n) is 7.74. The number of likely N-dealkylation sites (N-methyl/N-ethyl adjacent to an activating group) is 1. The lowest BCUT2D eigenvalue weighted by Crippen LogP contribution is -2.51. The monoisotopic (exact) mass is 295 g/mol. The zero-order valence-electron chi connectivity index (χ0n) is 12.8. The number of aliphatic hydroxyl groups excluding tert-OH is 1. The van der Waals surface area contributed by atoms with E-state index in [1.165, 1.54) is 12.8 Å². The van der Waals surface area contributed by atoms with Gasteiger partial charge in [-0.25, -0.2) is 0 Å². The summed E-state index contributed by atoms with van der Waals surface area (Å²) in [4.78, 5) is 2.43. The van der Waals surface area contributed by atoms with Gasteiger partial charge in [0.15, 0.2) is 0 Å². The van der Waals surface area contributed by atoms with E-state index in [0.29, 0.717) is 0 Å². The lowest BCUT2D eigenvalue weighted by molar-refractivity contribution is -0.0268. The maximum absolute atomic E-state index is 11.0. The Kier molecular flexibility index (Phi) is 5.11. The molecule has 1 unspecified atom stereocenters. The Hall–Kier alpha value is -0.570. The van der Waals surface area contributed by atoms with Gasteiger partial charge in [0, 0.05) is 5.02 Å². The van der Waals surface area contributed by atoms with Crippen LogP contribution in [-0.4, -0.2) is 28.6 Å². The van der Waals surface area contributed by atoms with Crippen LogP contribution in [0, 0.1) is 6.92 Å². The van der Waals surface area contributed by atoms with Crippen LogP contribution in [0.1, 0.15) is 56.8 Å². The molecule has 1 fully saturated rings. The Bertz CT molecular complexity index is 450. The minimum atomic E-state index is -0.456. The average molecular weight is 296 g/mol. The van der Waals surface area contributed by atoms with Crippen molar-refractivity contribution in [1.82, 2.24) is 4.90 Å². The van der Waals surface area contributed by atoms with Gasteiger partial charge >= 0.3 is 0 Å². The van der Waals surface area contributed by atoms with E-state index in [-0.39, 0.29) is 5.54 Å². The van der Waals surface area contributed by atoms with Crippen LogP contribution in [0.4, 0.5) is 0 Å². The lowest BCUT2D eigenvalue weighted by Gasteiger charge is -2.44. The van der Waals surface area contributed by atoms with Crippen molar-refractivity contribution in [3.63, 3.8) is 0 Å². The van der Waals surface area contributed by atoms with Crippen LogP contribution >= 0.6 is 11.6 Å². The molecule has 0 saturated heterocycles. The second kappa shape index (κ2) is 6.46. The van der Waals surface area contributed by atoms with Crippen LogP contribution in [-0.2, 0) is 0 Å². The van der Waals surface area contributed by atoms with E-state index < -0.39 is 6.10 Å². The van der Waals surface area contributed by atoms with E-state index in [0.717, 1.165) is 42.1 Å². The zero-order chi connectivity index (χ0) is 14.8. The molecule has 112 valence electrons. The van der Waals surface area contributed by atoms with Crippen molar-refractivity contribution in [2.75, 3.05) is 13.1 Å². The molecule has 0 spiro atoms. The molecule has 1 aliphatic rings. The Morgan fingerprint density at radius 1 is 1.25 bits per heavy atom. The fraction of sp³-hybridized carbons (Fsp3) is 0.647. The molecule has 1 saturated carbocycles. The first-order valence-corrected chi connectivity index (χ1v) is 8.12.